The zero-order chi connectivity index (χ0) is 12.6. The average Bonchev–Trinajstić information content (AvgIpc) is 2.27. The van der Waals surface area contributed by atoms with Gasteiger partial charge in [-0.1, -0.05) is 11.6 Å². The normalized spacial score (nSPS) is 17.2. The molecule has 1 aromatic carbocycles. The van der Waals surface area contributed by atoms with Gasteiger partial charge >= 0.3 is 0 Å². The van der Waals surface area contributed by atoms with Gasteiger partial charge in [0.1, 0.15) is 5.75 Å². The van der Waals surface area contributed by atoms with E-state index in [1.807, 2.05) is 6.07 Å². The van der Waals surface area contributed by atoms with Gasteiger partial charge in [-0.2, -0.15) is 0 Å². The number of rotatable bonds is 2. The molecule has 0 spiro atoms. The molecule has 0 radical (unpaired) electrons. The molecule has 1 heterocycles. The van der Waals surface area contributed by atoms with E-state index in [0.29, 0.717) is 11.6 Å². The lowest BCUT2D eigenvalue weighted by molar-refractivity contribution is 0.104. The van der Waals surface area contributed by atoms with Crippen LogP contribution in [0, 0.1) is 0 Å². The van der Waals surface area contributed by atoms with Crippen molar-refractivity contribution in [2.24, 2.45) is 5.73 Å². The second-order valence-electron chi connectivity index (χ2n) is 5.17. The molecule has 0 aromatic heterocycles. The van der Waals surface area contributed by atoms with Crippen LogP contribution in [-0.2, 0) is 6.42 Å². The van der Waals surface area contributed by atoms with Crippen molar-refractivity contribution in [1.82, 2.24) is 0 Å². The minimum atomic E-state index is -0.729. The Morgan fingerprint density at radius 1 is 1.47 bits per heavy atom. The van der Waals surface area contributed by atoms with E-state index in [0.717, 1.165) is 29.7 Å². The van der Waals surface area contributed by atoms with E-state index in [1.165, 1.54) is 0 Å². The number of hydrogen-bond donors (Lipinski definition) is 2. The van der Waals surface area contributed by atoms with E-state index in [-0.39, 0.29) is 0 Å². The molecule has 0 saturated carbocycles. The molecule has 1 aliphatic rings. The molecule has 17 heavy (non-hydrogen) atoms. The van der Waals surface area contributed by atoms with Gasteiger partial charge in [-0.15, -0.1) is 0 Å². The first-order valence-corrected chi connectivity index (χ1v) is 6.19. The number of halogens is 1. The van der Waals surface area contributed by atoms with Crippen molar-refractivity contribution >= 4 is 11.6 Å². The lowest BCUT2D eigenvalue weighted by Crippen LogP contribution is -2.39. The fourth-order valence-electron chi connectivity index (χ4n) is 2.05. The maximum atomic E-state index is 10.2. The highest BCUT2D eigenvalue weighted by Crippen LogP contribution is 2.37. The summed E-state index contributed by atoms with van der Waals surface area (Å²) >= 11 is 6.16. The lowest BCUT2D eigenvalue weighted by Gasteiger charge is -2.28. The van der Waals surface area contributed by atoms with Crippen LogP contribution in [0.3, 0.4) is 0 Å². The predicted octanol–water partition coefficient (Wildman–Crippen LogP) is 2.44. The quantitative estimate of drug-likeness (QED) is 0.854. The molecular weight excluding hydrogens is 238 g/mol. The summed E-state index contributed by atoms with van der Waals surface area (Å²) in [6, 6.07) is 3.69. The third-order valence-corrected chi connectivity index (χ3v) is 3.28. The summed E-state index contributed by atoms with van der Waals surface area (Å²) in [4.78, 5) is 0. The summed E-state index contributed by atoms with van der Waals surface area (Å²) in [5.41, 5.74) is 7.04. The zero-order valence-corrected chi connectivity index (χ0v) is 10.9. The van der Waals surface area contributed by atoms with E-state index in [2.05, 4.69) is 0 Å². The number of hydrogen-bond acceptors (Lipinski definition) is 3. The second kappa shape index (κ2) is 4.48. The molecule has 0 aliphatic carbocycles. The Bertz CT molecular complexity index is 426. The van der Waals surface area contributed by atoms with Crippen LogP contribution in [0.4, 0.5) is 0 Å². The molecule has 0 bridgehead atoms. The van der Waals surface area contributed by atoms with Crippen LogP contribution < -0.4 is 10.5 Å². The highest BCUT2D eigenvalue weighted by molar-refractivity contribution is 6.32. The van der Waals surface area contributed by atoms with Gasteiger partial charge in [0, 0.05) is 5.54 Å². The summed E-state index contributed by atoms with van der Waals surface area (Å²) in [7, 11) is 0. The van der Waals surface area contributed by atoms with Crippen molar-refractivity contribution in [3.63, 3.8) is 0 Å². The molecule has 1 aromatic rings. The first-order chi connectivity index (χ1) is 7.89. The summed E-state index contributed by atoms with van der Waals surface area (Å²) < 4.78 is 5.53. The third kappa shape index (κ3) is 2.57. The number of benzene rings is 1. The summed E-state index contributed by atoms with van der Waals surface area (Å²) in [6.45, 7) is 4.29. The zero-order valence-electron chi connectivity index (χ0n) is 10.2. The first-order valence-electron chi connectivity index (χ1n) is 5.81. The van der Waals surface area contributed by atoms with Gasteiger partial charge in [0.05, 0.1) is 17.7 Å². The van der Waals surface area contributed by atoms with Crippen molar-refractivity contribution in [1.29, 1.82) is 0 Å². The van der Waals surface area contributed by atoms with Crippen LogP contribution in [0.25, 0.3) is 0 Å². The molecule has 2 rings (SSSR count). The van der Waals surface area contributed by atoms with Crippen LogP contribution in [-0.4, -0.2) is 17.3 Å². The van der Waals surface area contributed by atoms with Gasteiger partial charge in [-0.3, -0.25) is 0 Å². The van der Waals surface area contributed by atoms with Crippen molar-refractivity contribution in [2.75, 3.05) is 6.61 Å². The second-order valence-corrected chi connectivity index (χ2v) is 5.57. The van der Waals surface area contributed by atoms with Crippen LogP contribution in [0.2, 0.25) is 5.02 Å². The Kier molecular flexibility index (Phi) is 3.34. The Labute approximate surface area is 107 Å². The van der Waals surface area contributed by atoms with E-state index < -0.39 is 11.6 Å². The van der Waals surface area contributed by atoms with Crippen LogP contribution in [0.15, 0.2) is 12.1 Å². The van der Waals surface area contributed by atoms with Crippen molar-refractivity contribution in [3.05, 3.63) is 28.3 Å². The van der Waals surface area contributed by atoms with E-state index in [1.54, 1.807) is 19.9 Å². The lowest BCUT2D eigenvalue weighted by atomic mass is 9.90. The molecule has 0 fully saturated rings. The minimum Gasteiger partial charge on any atom is -0.492 e. The topological polar surface area (TPSA) is 55.5 Å². The number of ether oxygens (including phenoxy) is 1. The van der Waals surface area contributed by atoms with Gasteiger partial charge in [0.2, 0.25) is 0 Å². The van der Waals surface area contributed by atoms with Gasteiger partial charge in [-0.25, -0.2) is 0 Å². The highest BCUT2D eigenvalue weighted by atomic mass is 35.5. The van der Waals surface area contributed by atoms with Crippen LogP contribution in [0.5, 0.6) is 5.75 Å². The van der Waals surface area contributed by atoms with Crippen molar-refractivity contribution in [2.45, 2.75) is 38.3 Å². The number of nitrogens with two attached hydrogens (primary N) is 1. The van der Waals surface area contributed by atoms with Crippen molar-refractivity contribution < 1.29 is 9.84 Å². The maximum Gasteiger partial charge on any atom is 0.141 e. The summed E-state index contributed by atoms with van der Waals surface area (Å²) in [5.74, 6) is 0.753. The van der Waals surface area contributed by atoms with Gasteiger partial charge in [0.25, 0.3) is 0 Å². The molecule has 0 amide bonds. The number of aryl methyl sites for hydroxylation is 1. The molecule has 94 valence electrons. The van der Waals surface area contributed by atoms with Crippen LogP contribution >= 0.6 is 11.6 Å². The number of aliphatic hydroxyl groups is 1. The monoisotopic (exact) mass is 255 g/mol. The molecule has 1 aliphatic heterocycles. The largest absolute Gasteiger partial charge is 0.492 e. The molecule has 1 unspecified atom stereocenters. The molecule has 3 nitrogen and oxygen atoms in total. The first kappa shape index (κ1) is 12.7. The number of aliphatic hydroxyl groups excluding tert-OH is 1. The SMILES string of the molecule is CC(C)(N)C(O)c1cc(Cl)c2c(c1)CCCO2. The van der Waals surface area contributed by atoms with Crippen LogP contribution in [0.1, 0.15) is 37.5 Å². The maximum absolute atomic E-state index is 10.2. The minimum absolute atomic E-state index is 0.556. The van der Waals surface area contributed by atoms with E-state index in [9.17, 15) is 5.11 Å². The van der Waals surface area contributed by atoms with Gasteiger partial charge in [-0.05, 0) is 49.9 Å². The number of fused-ring (bicyclic) bond motifs is 1. The van der Waals surface area contributed by atoms with Gasteiger partial charge < -0.3 is 15.6 Å². The smallest absolute Gasteiger partial charge is 0.141 e. The highest BCUT2D eigenvalue weighted by Gasteiger charge is 2.26. The summed E-state index contributed by atoms with van der Waals surface area (Å²) in [5, 5.41) is 10.7. The molecule has 1 atom stereocenters. The fraction of sp³-hybridized carbons (Fsp3) is 0.538. The Hall–Kier alpha value is -0.770. The van der Waals surface area contributed by atoms with Gasteiger partial charge in [0.15, 0.2) is 0 Å². The summed E-state index contributed by atoms with van der Waals surface area (Å²) in [6.07, 6.45) is 1.18. The molecule has 4 heteroatoms. The molecular formula is C13H18ClNO2. The van der Waals surface area contributed by atoms with E-state index >= 15 is 0 Å². The van der Waals surface area contributed by atoms with Crippen molar-refractivity contribution in [3.8, 4) is 5.75 Å². The predicted molar refractivity (Wildman–Crippen MR) is 68.5 cm³/mol. The molecule has 0 saturated heterocycles. The fourth-order valence-corrected chi connectivity index (χ4v) is 2.35. The molecule has 3 N–H and O–H groups in total. The Morgan fingerprint density at radius 2 is 2.18 bits per heavy atom. The third-order valence-electron chi connectivity index (χ3n) is 3.00. The average molecular weight is 256 g/mol. The Balaban J connectivity index is 2.41. The van der Waals surface area contributed by atoms with E-state index in [4.69, 9.17) is 22.1 Å². The standard InChI is InChI=1S/C13H18ClNO2/c1-13(2,15)12(16)9-6-8-4-3-5-17-11(8)10(14)7-9/h6-7,12,16H,3-5,15H2,1-2H3. The Morgan fingerprint density at radius 3 is 2.82 bits per heavy atom.